The molecule has 2 aromatic rings. The molecule has 0 atom stereocenters. The van der Waals surface area contributed by atoms with Crippen LogP contribution in [0.25, 0.3) is 29.6 Å². The highest BCUT2D eigenvalue weighted by Gasteiger charge is 2.02. The van der Waals surface area contributed by atoms with Gasteiger partial charge in [-0.2, -0.15) is 0 Å². The van der Waals surface area contributed by atoms with Gasteiger partial charge in [0.05, 0.1) is 0 Å². The van der Waals surface area contributed by atoms with Gasteiger partial charge in [-0.25, -0.2) is 0 Å². The van der Waals surface area contributed by atoms with E-state index in [0.717, 1.165) is 26.8 Å². The molecule has 0 bridgehead atoms. The van der Waals surface area contributed by atoms with Crippen LogP contribution in [0.2, 0.25) is 0 Å². The summed E-state index contributed by atoms with van der Waals surface area (Å²) in [7, 11) is 0. The van der Waals surface area contributed by atoms with Crippen molar-refractivity contribution in [3.05, 3.63) is 57.9 Å². The summed E-state index contributed by atoms with van der Waals surface area (Å²) in [5.41, 5.74) is 0.989. The van der Waals surface area contributed by atoms with E-state index in [2.05, 4.69) is 17.1 Å². The van der Waals surface area contributed by atoms with Crippen molar-refractivity contribution >= 4 is 29.6 Å². The number of nitrogens with one attached hydrogen (secondary N) is 1. The second-order valence-corrected chi connectivity index (χ2v) is 4.17. The molecule has 0 amide bonds. The number of rotatable bonds is 0. The summed E-state index contributed by atoms with van der Waals surface area (Å²) in [4.78, 5) is 0. The Morgan fingerprint density at radius 1 is 1.17 bits per heavy atom. The molecule has 3 rings (SSSR count). The summed E-state index contributed by atoms with van der Waals surface area (Å²) < 4.78 is 0. The van der Waals surface area contributed by atoms with Crippen LogP contribution in [0.1, 0.15) is 5.56 Å². The summed E-state index contributed by atoms with van der Waals surface area (Å²) in [5.74, 6) is 0. The van der Waals surface area contributed by atoms with Crippen LogP contribution in [0.15, 0.2) is 41.7 Å². The molecule has 1 heterocycles. The zero-order chi connectivity index (χ0) is 12.5. The van der Waals surface area contributed by atoms with Gasteiger partial charge < -0.3 is 10.5 Å². The van der Waals surface area contributed by atoms with Gasteiger partial charge in [-0.05, 0) is 28.3 Å². The number of nitrogens with zero attached hydrogens (tertiary/aromatic N) is 1. The van der Waals surface area contributed by atoms with E-state index in [-0.39, 0.29) is 0 Å². The van der Waals surface area contributed by atoms with Crippen molar-refractivity contribution < 1.29 is 5.21 Å². The largest absolute Gasteiger partial charge is 0.410 e. The second-order valence-electron chi connectivity index (χ2n) is 4.17. The average molecular weight is 236 g/mol. The number of hydrogen-bond donors (Lipinski definition) is 2. The van der Waals surface area contributed by atoms with Crippen LogP contribution in [0, 0.1) is 0 Å². The molecule has 18 heavy (non-hydrogen) atoms. The molecule has 0 aromatic heterocycles. The molecule has 0 unspecified atom stereocenters. The van der Waals surface area contributed by atoms with Crippen LogP contribution in [0.4, 0.5) is 0 Å². The van der Waals surface area contributed by atoms with E-state index in [4.69, 9.17) is 0 Å². The molecular formula is C15H12N2O. The van der Waals surface area contributed by atoms with E-state index in [1.165, 1.54) is 0 Å². The normalized spacial score (nSPS) is 13.9. The predicted molar refractivity (Wildman–Crippen MR) is 72.7 cm³/mol. The van der Waals surface area contributed by atoms with Gasteiger partial charge in [0, 0.05) is 23.0 Å². The second kappa shape index (κ2) is 4.04. The van der Waals surface area contributed by atoms with Crippen molar-refractivity contribution in [3.63, 3.8) is 0 Å². The monoisotopic (exact) mass is 236 g/mol. The minimum atomic E-state index is 0.553. The molecule has 1 aliphatic rings. The first-order chi connectivity index (χ1) is 8.81. The standard InChI is InChI=1S/C15H12N2O/c1-10-12-4-2-3-5-13(12)15(17-18)8-11-6-7-16-9-14(10)11/h2-9,16,18H,1H2/b17-15-. The zero-order valence-electron chi connectivity index (χ0n) is 9.72. The molecule has 3 heteroatoms. The number of benzene rings is 1. The van der Waals surface area contributed by atoms with Crippen molar-refractivity contribution in [2.75, 3.05) is 0 Å². The van der Waals surface area contributed by atoms with Crippen molar-refractivity contribution in [2.24, 2.45) is 5.16 Å². The lowest BCUT2D eigenvalue weighted by Crippen LogP contribution is -2.28. The molecular weight excluding hydrogens is 224 g/mol. The predicted octanol–water partition coefficient (Wildman–Crippen LogP) is 0.852. The lowest BCUT2D eigenvalue weighted by atomic mass is 10.1. The highest BCUT2D eigenvalue weighted by molar-refractivity contribution is 5.83. The Morgan fingerprint density at radius 3 is 2.72 bits per heavy atom. The first kappa shape index (κ1) is 10.6. The van der Waals surface area contributed by atoms with Gasteiger partial charge in [-0.3, -0.25) is 0 Å². The van der Waals surface area contributed by atoms with Gasteiger partial charge in [-0.1, -0.05) is 36.0 Å². The Morgan fingerprint density at radius 2 is 1.94 bits per heavy atom. The van der Waals surface area contributed by atoms with Gasteiger partial charge in [0.15, 0.2) is 0 Å². The number of hydrogen-bond acceptors (Lipinski definition) is 3. The molecule has 0 spiro atoms. The molecule has 0 radical (unpaired) electrons. The van der Waals surface area contributed by atoms with E-state index in [0.29, 0.717) is 5.36 Å². The molecule has 2 N–H and O–H groups in total. The molecule has 3 nitrogen and oxygen atoms in total. The summed E-state index contributed by atoms with van der Waals surface area (Å²) in [5, 5.41) is 20.0. The van der Waals surface area contributed by atoms with Gasteiger partial charge in [0.1, 0.15) is 5.36 Å². The van der Waals surface area contributed by atoms with Crippen LogP contribution in [-0.2, 0) is 0 Å². The lowest BCUT2D eigenvalue weighted by Gasteiger charge is -2.00. The summed E-state index contributed by atoms with van der Waals surface area (Å²) in [6.45, 7) is 4.15. The van der Waals surface area contributed by atoms with Crippen molar-refractivity contribution in [2.45, 2.75) is 0 Å². The Balaban J connectivity index is 2.73. The van der Waals surface area contributed by atoms with Crippen LogP contribution in [0.5, 0.6) is 0 Å². The van der Waals surface area contributed by atoms with Crippen LogP contribution in [-0.4, -0.2) is 5.21 Å². The highest BCUT2D eigenvalue weighted by Crippen LogP contribution is 2.04. The first-order valence-corrected chi connectivity index (χ1v) is 5.67. The van der Waals surface area contributed by atoms with E-state index < -0.39 is 0 Å². The van der Waals surface area contributed by atoms with Gasteiger partial charge >= 0.3 is 0 Å². The third-order valence-electron chi connectivity index (χ3n) is 3.15. The van der Waals surface area contributed by atoms with Crippen LogP contribution < -0.4 is 21.1 Å². The molecule has 88 valence electrons. The maximum Gasteiger partial charge on any atom is 0.111 e. The summed E-state index contributed by atoms with van der Waals surface area (Å²) in [6.07, 6.45) is 5.69. The Kier molecular flexibility index (Phi) is 2.38. The van der Waals surface area contributed by atoms with Crippen molar-refractivity contribution in [1.82, 2.24) is 5.32 Å². The molecule has 2 aromatic carbocycles. The summed E-state index contributed by atoms with van der Waals surface area (Å²) in [6, 6.07) is 9.66. The summed E-state index contributed by atoms with van der Waals surface area (Å²) >= 11 is 0. The Bertz CT molecular complexity index is 835. The van der Waals surface area contributed by atoms with Gasteiger partial charge in [-0.15, -0.1) is 0 Å². The minimum Gasteiger partial charge on any atom is -0.410 e. The van der Waals surface area contributed by atoms with E-state index >= 15 is 0 Å². The average Bonchev–Trinajstić information content (AvgIpc) is 2.55. The molecule has 0 saturated carbocycles. The zero-order valence-corrected chi connectivity index (χ0v) is 9.72. The molecule has 1 aliphatic heterocycles. The fourth-order valence-corrected chi connectivity index (χ4v) is 2.25. The topological polar surface area (TPSA) is 44.6 Å². The van der Waals surface area contributed by atoms with Crippen LogP contribution >= 0.6 is 0 Å². The van der Waals surface area contributed by atoms with Crippen LogP contribution in [0.3, 0.4) is 0 Å². The third-order valence-corrected chi connectivity index (χ3v) is 3.15. The fraction of sp³-hybridized carbons (Fsp3) is 0. The highest BCUT2D eigenvalue weighted by atomic mass is 16.4. The Labute approximate surface area is 104 Å². The fourth-order valence-electron chi connectivity index (χ4n) is 2.25. The lowest BCUT2D eigenvalue weighted by molar-refractivity contribution is 0.303. The maximum absolute atomic E-state index is 9.19. The van der Waals surface area contributed by atoms with Gasteiger partial charge in [0.2, 0.25) is 0 Å². The minimum absolute atomic E-state index is 0.553. The van der Waals surface area contributed by atoms with Crippen molar-refractivity contribution in [1.29, 1.82) is 0 Å². The van der Waals surface area contributed by atoms with E-state index in [1.54, 1.807) is 0 Å². The van der Waals surface area contributed by atoms with E-state index in [9.17, 15) is 5.21 Å². The molecule has 0 aliphatic carbocycles. The SMILES string of the molecule is C=c1c2c(c/c(=N/O)c3ccccc13)C=CNC=2. The van der Waals surface area contributed by atoms with Crippen molar-refractivity contribution in [3.8, 4) is 0 Å². The first-order valence-electron chi connectivity index (χ1n) is 5.67. The van der Waals surface area contributed by atoms with E-state index in [1.807, 2.05) is 48.8 Å². The molecule has 0 saturated heterocycles. The Hall–Kier alpha value is -2.55. The smallest absolute Gasteiger partial charge is 0.111 e. The third kappa shape index (κ3) is 1.49. The number of fused-ring (bicyclic) bond motifs is 2. The molecule has 0 fully saturated rings. The van der Waals surface area contributed by atoms with Gasteiger partial charge in [0.25, 0.3) is 0 Å². The maximum atomic E-state index is 9.19. The quantitative estimate of drug-likeness (QED) is 0.526.